The molecular formula is C21H20N4O3. The SMILES string of the molecule is Cc1ccc(C(=O)N2CCN(c3oc(-c4ccco4)nc3C#N)CC2)c(C)c1. The number of nitrogens with zero attached hydrogens (tertiary/aromatic N) is 4. The molecule has 2 aromatic heterocycles. The molecule has 28 heavy (non-hydrogen) atoms. The van der Waals surface area contributed by atoms with Crippen molar-refractivity contribution in [3.8, 4) is 17.7 Å². The first kappa shape index (κ1) is 17.9. The summed E-state index contributed by atoms with van der Waals surface area (Å²) in [5.74, 6) is 1.22. The number of rotatable bonds is 3. The van der Waals surface area contributed by atoms with Crippen LogP contribution < -0.4 is 4.90 Å². The summed E-state index contributed by atoms with van der Waals surface area (Å²) in [7, 11) is 0. The molecule has 0 unspecified atom stereocenters. The van der Waals surface area contributed by atoms with Gasteiger partial charge in [-0.2, -0.15) is 10.2 Å². The molecule has 4 rings (SSSR count). The zero-order chi connectivity index (χ0) is 19.7. The average Bonchev–Trinajstić information content (AvgIpc) is 3.37. The minimum atomic E-state index is 0.0338. The van der Waals surface area contributed by atoms with Gasteiger partial charge in [-0.05, 0) is 37.6 Å². The van der Waals surface area contributed by atoms with Crippen molar-refractivity contribution in [3.63, 3.8) is 0 Å². The molecule has 0 N–H and O–H groups in total. The number of hydrogen-bond acceptors (Lipinski definition) is 6. The first-order valence-electron chi connectivity index (χ1n) is 9.13. The van der Waals surface area contributed by atoms with E-state index in [0.717, 1.165) is 16.7 Å². The van der Waals surface area contributed by atoms with Gasteiger partial charge in [-0.15, -0.1) is 0 Å². The van der Waals surface area contributed by atoms with Crippen molar-refractivity contribution in [2.45, 2.75) is 13.8 Å². The van der Waals surface area contributed by atoms with Crippen LogP contribution in [0.25, 0.3) is 11.7 Å². The molecule has 142 valence electrons. The monoisotopic (exact) mass is 376 g/mol. The van der Waals surface area contributed by atoms with Gasteiger partial charge in [0.1, 0.15) is 6.07 Å². The number of furan rings is 1. The second kappa shape index (κ2) is 7.24. The van der Waals surface area contributed by atoms with Gasteiger partial charge in [0, 0.05) is 31.7 Å². The predicted octanol–water partition coefficient (Wildman–Crippen LogP) is 3.39. The van der Waals surface area contributed by atoms with Crippen molar-refractivity contribution in [1.29, 1.82) is 5.26 Å². The van der Waals surface area contributed by atoms with Gasteiger partial charge in [0.05, 0.1) is 6.26 Å². The highest BCUT2D eigenvalue weighted by molar-refractivity contribution is 5.95. The Kier molecular flexibility index (Phi) is 4.62. The standard InChI is InChI=1S/C21H20N4O3/c1-14-5-6-16(15(2)12-14)20(26)24-7-9-25(10-8-24)21-17(13-22)23-19(28-21)18-4-3-11-27-18/h3-6,11-12H,7-10H2,1-2H3. The zero-order valence-corrected chi connectivity index (χ0v) is 15.8. The largest absolute Gasteiger partial charge is 0.459 e. The molecule has 1 aliphatic rings. The highest BCUT2D eigenvalue weighted by atomic mass is 16.4. The fourth-order valence-corrected chi connectivity index (χ4v) is 3.44. The molecule has 3 heterocycles. The van der Waals surface area contributed by atoms with E-state index in [9.17, 15) is 10.1 Å². The van der Waals surface area contributed by atoms with Crippen LogP contribution in [0.4, 0.5) is 5.88 Å². The van der Waals surface area contributed by atoms with Crippen LogP contribution in [0, 0.1) is 25.2 Å². The Bertz CT molecular complexity index is 1040. The van der Waals surface area contributed by atoms with Gasteiger partial charge >= 0.3 is 0 Å². The van der Waals surface area contributed by atoms with Gasteiger partial charge in [-0.25, -0.2) is 0 Å². The molecule has 0 radical (unpaired) electrons. The van der Waals surface area contributed by atoms with Gasteiger partial charge in [0.15, 0.2) is 5.76 Å². The van der Waals surface area contributed by atoms with Gasteiger partial charge < -0.3 is 18.6 Å². The summed E-state index contributed by atoms with van der Waals surface area (Å²) in [4.78, 5) is 20.9. The summed E-state index contributed by atoms with van der Waals surface area (Å²) in [6.07, 6.45) is 1.53. The number of carbonyl (C=O) groups is 1. The van der Waals surface area contributed by atoms with E-state index >= 15 is 0 Å². The molecule has 7 nitrogen and oxygen atoms in total. The lowest BCUT2D eigenvalue weighted by atomic mass is 10.0. The van der Waals surface area contributed by atoms with Crippen LogP contribution in [0.1, 0.15) is 27.2 Å². The lowest BCUT2D eigenvalue weighted by Crippen LogP contribution is -2.49. The molecule has 0 atom stereocenters. The van der Waals surface area contributed by atoms with Gasteiger partial charge in [0.2, 0.25) is 11.6 Å². The number of oxazole rings is 1. The summed E-state index contributed by atoms with van der Waals surface area (Å²) >= 11 is 0. The summed E-state index contributed by atoms with van der Waals surface area (Å²) in [6, 6.07) is 11.4. The molecule has 7 heteroatoms. The summed E-state index contributed by atoms with van der Waals surface area (Å²) in [5, 5.41) is 9.41. The molecule has 0 aliphatic carbocycles. The quantitative estimate of drug-likeness (QED) is 0.696. The van der Waals surface area contributed by atoms with Crippen LogP contribution in [0.5, 0.6) is 0 Å². The van der Waals surface area contributed by atoms with Crippen molar-refractivity contribution in [3.05, 3.63) is 59.0 Å². The zero-order valence-electron chi connectivity index (χ0n) is 15.8. The Morgan fingerprint density at radius 1 is 1.18 bits per heavy atom. The van der Waals surface area contributed by atoms with Gasteiger partial charge in [0.25, 0.3) is 11.8 Å². The average molecular weight is 376 g/mol. The van der Waals surface area contributed by atoms with Crippen LogP contribution in [-0.2, 0) is 0 Å². The third-order valence-electron chi connectivity index (χ3n) is 4.91. The number of anilines is 1. The van der Waals surface area contributed by atoms with Gasteiger partial charge in [-0.1, -0.05) is 17.7 Å². The van der Waals surface area contributed by atoms with Gasteiger partial charge in [-0.3, -0.25) is 4.79 Å². The molecule has 0 saturated carbocycles. The van der Waals surface area contributed by atoms with Crippen molar-refractivity contribution in [1.82, 2.24) is 9.88 Å². The molecule has 1 amide bonds. The third kappa shape index (κ3) is 3.25. The lowest BCUT2D eigenvalue weighted by molar-refractivity contribution is 0.0744. The van der Waals surface area contributed by atoms with E-state index in [2.05, 4.69) is 11.1 Å². The summed E-state index contributed by atoms with van der Waals surface area (Å²) in [6.45, 7) is 6.21. The molecule has 0 spiro atoms. The van der Waals surface area contributed by atoms with Crippen LogP contribution in [0.3, 0.4) is 0 Å². The minimum Gasteiger partial charge on any atom is -0.459 e. The molecule has 1 fully saturated rings. The highest BCUT2D eigenvalue weighted by Gasteiger charge is 2.28. The first-order valence-corrected chi connectivity index (χ1v) is 9.13. The first-order chi connectivity index (χ1) is 13.6. The number of aryl methyl sites for hydroxylation is 2. The van der Waals surface area contributed by atoms with E-state index in [1.54, 1.807) is 12.1 Å². The van der Waals surface area contributed by atoms with E-state index in [1.165, 1.54) is 6.26 Å². The topological polar surface area (TPSA) is 86.5 Å². The maximum atomic E-state index is 12.9. The molecule has 1 aliphatic heterocycles. The Labute approximate surface area is 162 Å². The fourth-order valence-electron chi connectivity index (χ4n) is 3.44. The number of benzene rings is 1. The summed E-state index contributed by atoms with van der Waals surface area (Å²) in [5.41, 5.74) is 3.08. The molecule has 1 aromatic carbocycles. The lowest BCUT2D eigenvalue weighted by Gasteiger charge is -2.34. The Balaban J connectivity index is 1.49. The maximum Gasteiger partial charge on any atom is 0.266 e. The second-order valence-electron chi connectivity index (χ2n) is 6.86. The highest BCUT2D eigenvalue weighted by Crippen LogP contribution is 2.29. The smallest absolute Gasteiger partial charge is 0.266 e. The fraction of sp³-hybridized carbons (Fsp3) is 0.286. The van der Waals surface area contributed by atoms with Crippen LogP contribution in [-0.4, -0.2) is 42.0 Å². The van der Waals surface area contributed by atoms with E-state index in [-0.39, 0.29) is 17.5 Å². The molecule has 3 aromatic rings. The number of piperazine rings is 1. The van der Waals surface area contributed by atoms with E-state index < -0.39 is 0 Å². The molecule has 1 saturated heterocycles. The predicted molar refractivity (Wildman–Crippen MR) is 103 cm³/mol. The van der Waals surface area contributed by atoms with Crippen LogP contribution in [0.15, 0.2) is 45.4 Å². The van der Waals surface area contributed by atoms with E-state index in [4.69, 9.17) is 8.83 Å². The normalized spacial score (nSPS) is 14.2. The number of hydrogen-bond donors (Lipinski definition) is 0. The molecule has 0 bridgehead atoms. The number of amides is 1. The minimum absolute atomic E-state index is 0.0338. The number of carbonyl (C=O) groups excluding carboxylic acids is 1. The summed E-state index contributed by atoms with van der Waals surface area (Å²) < 4.78 is 11.1. The number of nitriles is 1. The molecular weight excluding hydrogens is 356 g/mol. The Morgan fingerprint density at radius 2 is 1.96 bits per heavy atom. The van der Waals surface area contributed by atoms with Crippen molar-refractivity contribution in [2.24, 2.45) is 0 Å². The van der Waals surface area contributed by atoms with Crippen LogP contribution in [0.2, 0.25) is 0 Å². The van der Waals surface area contributed by atoms with E-state index in [1.807, 2.05) is 41.8 Å². The van der Waals surface area contributed by atoms with E-state index in [0.29, 0.717) is 37.8 Å². The Hall–Kier alpha value is -3.53. The van der Waals surface area contributed by atoms with Crippen LogP contribution >= 0.6 is 0 Å². The second-order valence-corrected chi connectivity index (χ2v) is 6.86. The van der Waals surface area contributed by atoms with Crippen molar-refractivity contribution < 1.29 is 13.6 Å². The third-order valence-corrected chi connectivity index (χ3v) is 4.91. The Morgan fingerprint density at radius 3 is 2.61 bits per heavy atom. The van der Waals surface area contributed by atoms with Crippen molar-refractivity contribution in [2.75, 3.05) is 31.1 Å². The maximum absolute atomic E-state index is 12.9. The van der Waals surface area contributed by atoms with Crippen molar-refractivity contribution >= 4 is 11.8 Å². The number of aromatic nitrogens is 1.